The Labute approximate surface area is 201 Å². The molecular weight excluding hydrogens is 470 g/mol. The molecule has 1 aliphatic rings. The van der Waals surface area contributed by atoms with E-state index in [1.165, 1.54) is 18.6 Å². The van der Waals surface area contributed by atoms with Gasteiger partial charge in [0.25, 0.3) is 0 Å². The molecule has 0 unspecified atom stereocenters. The average Bonchev–Trinajstić information content (AvgIpc) is 2.77. The van der Waals surface area contributed by atoms with E-state index in [0.29, 0.717) is 11.8 Å². The summed E-state index contributed by atoms with van der Waals surface area (Å²) in [5, 5.41) is 0. The molecule has 0 N–H and O–H groups in total. The predicted molar refractivity (Wildman–Crippen MR) is 122 cm³/mol. The minimum atomic E-state index is -5.02. The van der Waals surface area contributed by atoms with Gasteiger partial charge in [0.2, 0.25) is 0 Å². The van der Waals surface area contributed by atoms with E-state index in [1.807, 2.05) is 13.8 Å². The zero-order valence-corrected chi connectivity index (χ0v) is 20.1. The predicted octanol–water partition coefficient (Wildman–Crippen LogP) is 7.43. The Morgan fingerprint density at radius 1 is 0.971 bits per heavy atom. The number of ketones is 1. The summed E-state index contributed by atoms with van der Waals surface area (Å²) < 4.78 is 80.2. The molecule has 1 aromatic heterocycles. The largest absolute Gasteiger partial charge is 0.417 e. The van der Waals surface area contributed by atoms with E-state index >= 15 is 0 Å². The van der Waals surface area contributed by atoms with Crippen molar-refractivity contribution in [2.45, 2.75) is 58.8 Å². The van der Waals surface area contributed by atoms with Gasteiger partial charge in [0.1, 0.15) is 0 Å². The number of aromatic nitrogens is 1. The number of halogens is 6. The molecule has 1 saturated heterocycles. The number of nitrogens with zero attached hydrogens (tertiary/aromatic N) is 2. The normalized spacial score (nSPS) is 16.5. The second kappa shape index (κ2) is 10.7. The topological polar surface area (TPSA) is 33.2 Å². The minimum Gasteiger partial charge on any atom is -0.303 e. The second-order valence-corrected chi connectivity index (χ2v) is 9.63. The van der Waals surface area contributed by atoms with Gasteiger partial charge < -0.3 is 4.90 Å². The van der Waals surface area contributed by atoms with Crippen LogP contribution in [0.25, 0.3) is 11.3 Å². The maximum atomic E-state index is 13.7. The van der Waals surface area contributed by atoms with Crippen molar-refractivity contribution in [3.8, 4) is 11.3 Å². The lowest BCUT2D eigenvalue weighted by Gasteiger charge is -2.32. The maximum absolute atomic E-state index is 13.7. The molecule has 0 saturated carbocycles. The van der Waals surface area contributed by atoms with Crippen molar-refractivity contribution in [1.82, 2.24) is 9.88 Å². The van der Waals surface area contributed by atoms with Gasteiger partial charge in [0, 0.05) is 29.8 Å². The summed E-state index contributed by atoms with van der Waals surface area (Å²) in [6.07, 6.45) is -6.26. The van der Waals surface area contributed by atoms with Gasteiger partial charge in [-0.1, -0.05) is 26.3 Å². The van der Waals surface area contributed by atoms with Crippen molar-refractivity contribution < 1.29 is 31.1 Å². The van der Waals surface area contributed by atoms with Crippen molar-refractivity contribution in [2.24, 2.45) is 11.8 Å². The van der Waals surface area contributed by atoms with Crippen LogP contribution < -0.4 is 0 Å². The minimum absolute atomic E-state index is 0.0781. The number of piperidine rings is 1. The summed E-state index contributed by atoms with van der Waals surface area (Å²) in [5.74, 6) is 0.0947. The molecule has 3 nitrogen and oxygen atoms in total. The van der Waals surface area contributed by atoms with Crippen LogP contribution in [0, 0.1) is 18.8 Å². The maximum Gasteiger partial charge on any atom is 0.417 e. The second-order valence-electron chi connectivity index (χ2n) is 9.63. The molecule has 35 heavy (non-hydrogen) atoms. The van der Waals surface area contributed by atoms with E-state index in [9.17, 15) is 31.1 Å². The number of alkyl halides is 6. The van der Waals surface area contributed by atoms with Gasteiger partial charge in [-0.25, -0.2) is 0 Å². The van der Waals surface area contributed by atoms with Gasteiger partial charge in [0.15, 0.2) is 5.78 Å². The van der Waals surface area contributed by atoms with Crippen LogP contribution in [0.3, 0.4) is 0 Å². The van der Waals surface area contributed by atoms with Crippen molar-refractivity contribution in [2.75, 3.05) is 19.6 Å². The number of Topliss-reactive ketones (excluding diaryl/α,β-unsaturated/α-hetero) is 1. The van der Waals surface area contributed by atoms with Crippen molar-refractivity contribution in [3.05, 3.63) is 52.7 Å². The third kappa shape index (κ3) is 7.06. The zero-order chi connectivity index (χ0) is 26.0. The van der Waals surface area contributed by atoms with Crippen LogP contribution in [0.5, 0.6) is 0 Å². The van der Waals surface area contributed by atoms with Gasteiger partial charge in [-0.2, -0.15) is 26.3 Å². The molecule has 1 atom stereocenters. The van der Waals surface area contributed by atoms with Crippen molar-refractivity contribution in [1.29, 1.82) is 0 Å². The number of likely N-dealkylation sites (tertiary alicyclic amines) is 1. The molecular formula is C26H30F6N2O. The molecule has 192 valence electrons. The first-order valence-electron chi connectivity index (χ1n) is 11.8. The fraction of sp³-hybridized carbons (Fsp3) is 0.538. The van der Waals surface area contributed by atoms with Crippen LogP contribution >= 0.6 is 0 Å². The number of hydrogen-bond acceptors (Lipinski definition) is 3. The molecule has 2 aromatic rings. The molecule has 2 heterocycles. The highest BCUT2D eigenvalue weighted by atomic mass is 19.4. The van der Waals surface area contributed by atoms with E-state index in [0.717, 1.165) is 38.5 Å². The summed E-state index contributed by atoms with van der Waals surface area (Å²) in [6, 6.07) is 4.24. The number of aryl methyl sites for hydroxylation is 1. The number of carbonyl (C=O) groups is 1. The Kier molecular flexibility index (Phi) is 8.29. The Morgan fingerprint density at radius 3 is 2.20 bits per heavy atom. The summed E-state index contributed by atoms with van der Waals surface area (Å²) >= 11 is 0. The lowest BCUT2D eigenvalue weighted by atomic mass is 9.87. The van der Waals surface area contributed by atoms with Gasteiger partial charge in [-0.05, 0) is 69.0 Å². The summed E-state index contributed by atoms with van der Waals surface area (Å²) in [4.78, 5) is 19.7. The van der Waals surface area contributed by atoms with Crippen LogP contribution in [0.15, 0.2) is 30.3 Å². The summed E-state index contributed by atoms with van der Waals surface area (Å²) in [7, 11) is 0. The first-order valence-corrected chi connectivity index (χ1v) is 11.8. The Bertz CT molecular complexity index is 1040. The third-order valence-electron chi connectivity index (χ3n) is 6.54. The van der Waals surface area contributed by atoms with E-state index in [4.69, 9.17) is 0 Å². The Balaban J connectivity index is 1.93. The van der Waals surface area contributed by atoms with Crippen LogP contribution in [0.2, 0.25) is 0 Å². The van der Waals surface area contributed by atoms with E-state index in [1.54, 1.807) is 6.92 Å². The Morgan fingerprint density at radius 2 is 1.63 bits per heavy atom. The fourth-order valence-corrected chi connectivity index (χ4v) is 4.49. The first-order chi connectivity index (χ1) is 16.3. The van der Waals surface area contributed by atoms with Crippen LogP contribution in [0.1, 0.15) is 66.7 Å². The summed E-state index contributed by atoms with van der Waals surface area (Å²) in [6.45, 7) is 8.39. The lowest BCUT2D eigenvalue weighted by molar-refractivity contribution is -0.142. The smallest absolute Gasteiger partial charge is 0.303 e. The number of hydrogen-bond donors (Lipinski definition) is 0. The van der Waals surface area contributed by atoms with Gasteiger partial charge >= 0.3 is 12.4 Å². The van der Waals surface area contributed by atoms with Gasteiger partial charge in [0.05, 0.1) is 16.8 Å². The molecule has 1 fully saturated rings. The first kappa shape index (κ1) is 27.2. The monoisotopic (exact) mass is 500 g/mol. The zero-order valence-electron chi connectivity index (χ0n) is 20.1. The number of benzene rings is 1. The molecule has 9 heteroatoms. The quantitative estimate of drug-likeness (QED) is 0.293. The molecule has 0 radical (unpaired) electrons. The highest BCUT2D eigenvalue weighted by Gasteiger charge is 2.38. The lowest BCUT2D eigenvalue weighted by Crippen LogP contribution is -2.36. The molecule has 1 aromatic carbocycles. The highest BCUT2D eigenvalue weighted by Crippen LogP contribution is 2.40. The SMILES string of the molecule is Cc1cc(C(=O)C[C@H](CN2CCCCC2)C(C)C)cc(-c2ccc(C(F)(F)F)cc2C(F)(F)F)n1. The average molecular weight is 501 g/mol. The molecule has 0 spiro atoms. The highest BCUT2D eigenvalue weighted by molar-refractivity contribution is 5.97. The fourth-order valence-electron chi connectivity index (χ4n) is 4.49. The standard InChI is InChI=1S/C26H30F6N2O/c1-16(2)19(15-34-9-5-4-6-10-34)13-24(35)18-11-17(3)33-23(12-18)21-8-7-20(25(27,28)29)14-22(21)26(30,31)32/h7-8,11-12,14,16,19H,4-6,9-10,13,15H2,1-3H3/t19-/m1/s1. The third-order valence-corrected chi connectivity index (χ3v) is 6.54. The number of pyridine rings is 1. The molecule has 0 bridgehead atoms. The van der Waals surface area contributed by atoms with Crippen molar-refractivity contribution in [3.63, 3.8) is 0 Å². The van der Waals surface area contributed by atoms with E-state index in [2.05, 4.69) is 9.88 Å². The van der Waals surface area contributed by atoms with Crippen molar-refractivity contribution >= 4 is 5.78 Å². The summed E-state index contributed by atoms with van der Waals surface area (Å²) in [5.41, 5.74) is -2.96. The Hall–Kier alpha value is -2.42. The van der Waals surface area contributed by atoms with E-state index in [-0.39, 0.29) is 41.4 Å². The van der Waals surface area contributed by atoms with E-state index < -0.39 is 29.0 Å². The molecule has 0 aliphatic carbocycles. The molecule has 0 amide bonds. The van der Waals surface area contributed by atoms with Crippen LogP contribution in [0.4, 0.5) is 26.3 Å². The molecule has 3 rings (SSSR count). The molecule has 1 aliphatic heterocycles. The van der Waals surface area contributed by atoms with Gasteiger partial charge in [-0.15, -0.1) is 0 Å². The van der Waals surface area contributed by atoms with Crippen LogP contribution in [-0.4, -0.2) is 35.3 Å². The number of carbonyl (C=O) groups excluding carboxylic acids is 1. The van der Waals surface area contributed by atoms with Crippen LogP contribution in [-0.2, 0) is 12.4 Å². The number of rotatable bonds is 7. The van der Waals surface area contributed by atoms with Gasteiger partial charge in [-0.3, -0.25) is 9.78 Å².